The summed E-state index contributed by atoms with van der Waals surface area (Å²) in [6, 6.07) is 2.69. The van der Waals surface area contributed by atoms with Gasteiger partial charge in [-0.2, -0.15) is 5.26 Å². The van der Waals surface area contributed by atoms with Crippen LogP contribution in [0.2, 0.25) is 0 Å². The molecular formula is C7H13N3. The molecule has 1 N–H and O–H groups in total. The number of rotatable bonds is 2. The van der Waals surface area contributed by atoms with Crippen LogP contribution >= 0.6 is 0 Å². The van der Waals surface area contributed by atoms with E-state index in [2.05, 4.69) is 23.3 Å². The van der Waals surface area contributed by atoms with Crippen molar-refractivity contribution < 1.29 is 0 Å². The molecule has 1 aliphatic heterocycles. The first-order valence-electron chi connectivity index (χ1n) is 3.56. The first-order chi connectivity index (χ1) is 4.72. The Morgan fingerprint density at radius 3 is 2.70 bits per heavy atom. The van der Waals surface area contributed by atoms with Gasteiger partial charge in [0.05, 0.1) is 12.1 Å². The van der Waals surface area contributed by atoms with Crippen molar-refractivity contribution >= 4 is 0 Å². The molecule has 56 valence electrons. The Morgan fingerprint density at radius 1 is 1.70 bits per heavy atom. The van der Waals surface area contributed by atoms with E-state index >= 15 is 0 Å². The molecule has 0 bridgehead atoms. The van der Waals surface area contributed by atoms with Crippen molar-refractivity contribution in [2.45, 2.75) is 19.0 Å². The molecule has 1 saturated heterocycles. The molecule has 0 radical (unpaired) electrons. The Morgan fingerprint density at radius 2 is 2.30 bits per heavy atom. The molecule has 0 amide bonds. The molecule has 0 aliphatic carbocycles. The highest BCUT2D eigenvalue weighted by atomic mass is 15.2. The van der Waals surface area contributed by atoms with Crippen LogP contribution < -0.4 is 5.32 Å². The SMILES string of the molecule is CC(C#N)NC1CN(C)C1. The van der Waals surface area contributed by atoms with Crippen LogP contribution in [0.15, 0.2) is 0 Å². The average Bonchev–Trinajstić information content (AvgIpc) is 1.84. The van der Waals surface area contributed by atoms with Crippen LogP contribution in [0.25, 0.3) is 0 Å². The van der Waals surface area contributed by atoms with E-state index in [0.717, 1.165) is 13.1 Å². The molecule has 3 heteroatoms. The Bertz CT molecular complexity index is 143. The number of likely N-dealkylation sites (N-methyl/N-ethyl adjacent to an activating group) is 1. The van der Waals surface area contributed by atoms with Gasteiger partial charge in [-0.1, -0.05) is 0 Å². The predicted molar refractivity (Wildman–Crippen MR) is 39.5 cm³/mol. The third-order valence-corrected chi connectivity index (χ3v) is 1.74. The fourth-order valence-electron chi connectivity index (χ4n) is 1.20. The van der Waals surface area contributed by atoms with Crippen LogP contribution in [0.5, 0.6) is 0 Å². The van der Waals surface area contributed by atoms with E-state index in [1.807, 2.05) is 6.92 Å². The summed E-state index contributed by atoms with van der Waals surface area (Å²) in [6.07, 6.45) is 0. The summed E-state index contributed by atoms with van der Waals surface area (Å²) < 4.78 is 0. The standard InChI is InChI=1S/C7H13N3/c1-6(3-8)9-7-4-10(2)5-7/h6-7,9H,4-5H2,1-2H3. The number of nitrogens with one attached hydrogen (secondary N) is 1. The summed E-state index contributed by atoms with van der Waals surface area (Å²) in [5.41, 5.74) is 0. The van der Waals surface area contributed by atoms with Gasteiger partial charge in [0.1, 0.15) is 0 Å². The van der Waals surface area contributed by atoms with Crippen LogP contribution in [-0.4, -0.2) is 37.1 Å². The zero-order valence-electron chi connectivity index (χ0n) is 6.46. The van der Waals surface area contributed by atoms with E-state index in [9.17, 15) is 0 Å². The second kappa shape index (κ2) is 3.00. The first kappa shape index (κ1) is 7.52. The van der Waals surface area contributed by atoms with Gasteiger partial charge in [-0.3, -0.25) is 5.32 Å². The predicted octanol–water partition coefficient (Wildman–Crippen LogP) is -0.198. The Hall–Kier alpha value is -0.590. The van der Waals surface area contributed by atoms with E-state index < -0.39 is 0 Å². The van der Waals surface area contributed by atoms with Crippen molar-refractivity contribution in [3.63, 3.8) is 0 Å². The third kappa shape index (κ3) is 1.69. The number of nitriles is 1. The van der Waals surface area contributed by atoms with Crippen LogP contribution in [0.4, 0.5) is 0 Å². The molecule has 1 rings (SSSR count). The maximum atomic E-state index is 8.44. The van der Waals surface area contributed by atoms with Gasteiger partial charge in [0.2, 0.25) is 0 Å². The normalized spacial score (nSPS) is 23.3. The fourth-order valence-corrected chi connectivity index (χ4v) is 1.20. The highest BCUT2D eigenvalue weighted by Gasteiger charge is 2.23. The van der Waals surface area contributed by atoms with Gasteiger partial charge < -0.3 is 4.90 Å². The molecule has 1 fully saturated rings. The van der Waals surface area contributed by atoms with Crippen molar-refractivity contribution in [1.82, 2.24) is 10.2 Å². The van der Waals surface area contributed by atoms with Gasteiger partial charge in [-0.15, -0.1) is 0 Å². The lowest BCUT2D eigenvalue weighted by atomic mass is 10.1. The Balaban J connectivity index is 2.11. The number of hydrogen-bond donors (Lipinski definition) is 1. The van der Waals surface area contributed by atoms with E-state index in [-0.39, 0.29) is 6.04 Å². The number of nitrogens with zero attached hydrogens (tertiary/aromatic N) is 2. The number of hydrogen-bond acceptors (Lipinski definition) is 3. The topological polar surface area (TPSA) is 39.1 Å². The Kier molecular flexibility index (Phi) is 2.25. The number of likely N-dealkylation sites (tertiary alicyclic amines) is 1. The zero-order chi connectivity index (χ0) is 7.56. The first-order valence-corrected chi connectivity index (χ1v) is 3.56. The van der Waals surface area contributed by atoms with Crippen molar-refractivity contribution in [2.24, 2.45) is 0 Å². The van der Waals surface area contributed by atoms with E-state index in [4.69, 9.17) is 5.26 Å². The lowest BCUT2D eigenvalue weighted by Crippen LogP contribution is -2.57. The monoisotopic (exact) mass is 139 g/mol. The van der Waals surface area contributed by atoms with Crippen LogP contribution in [0.1, 0.15) is 6.92 Å². The molecule has 1 heterocycles. The summed E-state index contributed by atoms with van der Waals surface area (Å²) in [4.78, 5) is 2.22. The second-order valence-electron chi connectivity index (χ2n) is 2.94. The molecule has 1 atom stereocenters. The highest BCUT2D eigenvalue weighted by Crippen LogP contribution is 2.03. The molecule has 10 heavy (non-hydrogen) atoms. The van der Waals surface area contributed by atoms with Gasteiger partial charge in [-0.25, -0.2) is 0 Å². The highest BCUT2D eigenvalue weighted by molar-refractivity contribution is 4.92. The van der Waals surface area contributed by atoms with Gasteiger partial charge in [0.25, 0.3) is 0 Å². The lowest BCUT2D eigenvalue weighted by Gasteiger charge is -2.37. The molecule has 0 spiro atoms. The van der Waals surface area contributed by atoms with Crippen LogP contribution in [0.3, 0.4) is 0 Å². The van der Waals surface area contributed by atoms with Gasteiger partial charge in [0.15, 0.2) is 0 Å². The molecule has 0 saturated carbocycles. The van der Waals surface area contributed by atoms with Gasteiger partial charge >= 0.3 is 0 Å². The van der Waals surface area contributed by atoms with Crippen molar-refractivity contribution in [2.75, 3.05) is 20.1 Å². The second-order valence-corrected chi connectivity index (χ2v) is 2.94. The minimum absolute atomic E-state index is 0.00120. The Labute approximate surface area is 61.6 Å². The summed E-state index contributed by atoms with van der Waals surface area (Å²) in [5, 5.41) is 11.6. The summed E-state index contributed by atoms with van der Waals surface area (Å²) in [5.74, 6) is 0. The van der Waals surface area contributed by atoms with Crippen molar-refractivity contribution in [3.05, 3.63) is 0 Å². The molecule has 0 aromatic heterocycles. The lowest BCUT2D eigenvalue weighted by molar-refractivity contribution is 0.158. The third-order valence-electron chi connectivity index (χ3n) is 1.74. The van der Waals surface area contributed by atoms with Gasteiger partial charge in [0, 0.05) is 19.1 Å². The largest absolute Gasteiger partial charge is 0.303 e. The van der Waals surface area contributed by atoms with Crippen LogP contribution in [0, 0.1) is 11.3 Å². The minimum Gasteiger partial charge on any atom is -0.303 e. The molecule has 1 aliphatic rings. The van der Waals surface area contributed by atoms with E-state index in [1.165, 1.54) is 0 Å². The zero-order valence-corrected chi connectivity index (χ0v) is 6.46. The van der Waals surface area contributed by atoms with Crippen molar-refractivity contribution in [1.29, 1.82) is 5.26 Å². The molecule has 1 unspecified atom stereocenters. The molecular weight excluding hydrogens is 126 g/mol. The summed E-state index contributed by atoms with van der Waals surface area (Å²) in [7, 11) is 2.08. The van der Waals surface area contributed by atoms with Gasteiger partial charge in [-0.05, 0) is 14.0 Å². The molecule has 3 nitrogen and oxygen atoms in total. The average molecular weight is 139 g/mol. The maximum Gasteiger partial charge on any atom is 0.0927 e. The van der Waals surface area contributed by atoms with Crippen LogP contribution in [-0.2, 0) is 0 Å². The van der Waals surface area contributed by atoms with E-state index in [0.29, 0.717) is 6.04 Å². The quantitative estimate of drug-likeness (QED) is 0.576. The smallest absolute Gasteiger partial charge is 0.0927 e. The maximum absolute atomic E-state index is 8.44. The fraction of sp³-hybridized carbons (Fsp3) is 0.857. The molecule has 0 aromatic carbocycles. The van der Waals surface area contributed by atoms with Crippen molar-refractivity contribution in [3.8, 4) is 6.07 Å². The minimum atomic E-state index is -0.00120. The summed E-state index contributed by atoms with van der Waals surface area (Å²) in [6.45, 7) is 4.04. The van der Waals surface area contributed by atoms with E-state index in [1.54, 1.807) is 0 Å². The molecule has 0 aromatic rings. The summed E-state index contributed by atoms with van der Waals surface area (Å²) >= 11 is 0.